The number of nitrogens with zero attached hydrogens (tertiary/aromatic N) is 2. The molecular weight excluding hydrogens is 391 g/mol. The van der Waals surface area contributed by atoms with Crippen molar-refractivity contribution in [2.45, 2.75) is 25.9 Å². The number of hydrogen-bond donors (Lipinski definition) is 3. The lowest BCUT2D eigenvalue weighted by atomic mass is 10.00. The summed E-state index contributed by atoms with van der Waals surface area (Å²) in [4.78, 5) is 11.8. The van der Waals surface area contributed by atoms with Crippen molar-refractivity contribution in [3.63, 3.8) is 0 Å². The number of rotatable bonds is 5. The summed E-state index contributed by atoms with van der Waals surface area (Å²) in [5.74, 6) is 0.207. The molecule has 142 valence electrons. The molecule has 0 saturated carbocycles. The van der Waals surface area contributed by atoms with Crippen LogP contribution in [0.25, 0.3) is 22.0 Å². The number of ether oxygens (including phenoxy) is 1. The fourth-order valence-electron chi connectivity index (χ4n) is 3.79. The number of carbonyl (C=O) groups is 1. The van der Waals surface area contributed by atoms with Crippen molar-refractivity contribution in [3.8, 4) is 16.9 Å². The third-order valence-electron chi connectivity index (χ3n) is 4.76. The molecule has 1 aromatic carbocycles. The zero-order valence-electron chi connectivity index (χ0n) is 14.6. The van der Waals surface area contributed by atoms with Crippen LogP contribution >= 0.6 is 23.2 Å². The SMILES string of the molecule is CCOc1cc(Cl)c(Cl)c2c1c(-c1cn[nH]c1)c1n2CC[C@@H]1NC(=O)CO. The number of aryl methyl sites for hydroxylation is 1. The molecule has 3 heterocycles. The molecule has 0 unspecified atom stereocenters. The Labute approximate surface area is 165 Å². The van der Waals surface area contributed by atoms with E-state index in [1.807, 2.05) is 6.92 Å². The van der Waals surface area contributed by atoms with Gasteiger partial charge >= 0.3 is 0 Å². The van der Waals surface area contributed by atoms with Crippen LogP contribution in [0.2, 0.25) is 10.0 Å². The van der Waals surface area contributed by atoms with Crippen LogP contribution in [0.15, 0.2) is 18.5 Å². The number of benzene rings is 1. The third kappa shape index (κ3) is 2.86. The predicted octanol–water partition coefficient (Wildman–Crippen LogP) is 3.29. The van der Waals surface area contributed by atoms with E-state index in [9.17, 15) is 4.79 Å². The summed E-state index contributed by atoms with van der Waals surface area (Å²) in [6, 6.07) is 1.46. The topological polar surface area (TPSA) is 92.2 Å². The Hall–Kier alpha value is -2.22. The van der Waals surface area contributed by atoms with Gasteiger partial charge in [0, 0.05) is 35.6 Å². The second-order valence-electron chi connectivity index (χ2n) is 6.29. The second-order valence-corrected chi connectivity index (χ2v) is 7.08. The van der Waals surface area contributed by atoms with Crippen LogP contribution < -0.4 is 10.1 Å². The van der Waals surface area contributed by atoms with E-state index in [-0.39, 0.29) is 6.04 Å². The summed E-state index contributed by atoms with van der Waals surface area (Å²) in [7, 11) is 0. The van der Waals surface area contributed by atoms with Gasteiger partial charge in [-0.15, -0.1) is 0 Å². The summed E-state index contributed by atoms with van der Waals surface area (Å²) >= 11 is 12.9. The number of amides is 1. The number of aromatic nitrogens is 3. The fourth-order valence-corrected chi connectivity index (χ4v) is 4.23. The maximum absolute atomic E-state index is 11.8. The van der Waals surface area contributed by atoms with Crippen molar-refractivity contribution < 1.29 is 14.6 Å². The first-order valence-corrected chi connectivity index (χ1v) is 9.38. The maximum Gasteiger partial charge on any atom is 0.246 e. The Morgan fingerprint density at radius 3 is 3.00 bits per heavy atom. The van der Waals surface area contributed by atoms with Crippen LogP contribution in [0, 0.1) is 0 Å². The predicted molar refractivity (Wildman–Crippen MR) is 103 cm³/mol. The summed E-state index contributed by atoms with van der Waals surface area (Å²) in [5.41, 5.74) is 3.43. The Bertz CT molecular complexity index is 1010. The summed E-state index contributed by atoms with van der Waals surface area (Å²) in [5, 5.41) is 20.6. The third-order valence-corrected chi connectivity index (χ3v) is 5.54. The van der Waals surface area contributed by atoms with E-state index in [4.69, 9.17) is 33.0 Å². The van der Waals surface area contributed by atoms with Crippen molar-refractivity contribution in [1.29, 1.82) is 0 Å². The molecule has 1 aliphatic heterocycles. The highest BCUT2D eigenvalue weighted by Gasteiger charge is 2.34. The summed E-state index contributed by atoms with van der Waals surface area (Å²) in [6.45, 7) is 2.48. The second kappa shape index (κ2) is 7.07. The maximum atomic E-state index is 11.8. The minimum absolute atomic E-state index is 0.258. The molecule has 0 bridgehead atoms. The first-order chi connectivity index (χ1) is 13.1. The molecule has 9 heteroatoms. The number of hydrogen-bond acceptors (Lipinski definition) is 4. The molecule has 0 spiro atoms. The molecule has 1 amide bonds. The van der Waals surface area contributed by atoms with Gasteiger partial charge in [0.1, 0.15) is 12.4 Å². The van der Waals surface area contributed by atoms with Gasteiger partial charge in [-0.3, -0.25) is 9.89 Å². The van der Waals surface area contributed by atoms with Gasteiger partial charge in [-0.25, -0.2) is 0 Å². The van der Waals surface area contributed by atoms with Crippen molar-refractivity contribution in [2.24, 2.45) is 0 Å². The number of aromatic amines is 1. The Morgan fingerprint density at radius 1 is 1.52 bits per heavy atom. The average Bonchev–Trinajstić information content (AvgIpc) is 3.36. The van der Waals surface area contributed by atoms with E-state index >= 15 is 0 Å². The normalized spacial score (nSPS) is 15.9. The van der Waals surface area contributed by atoms with Gasteiger partial charge in [0.15, 0.2) is 0 Å². The first-order valence-electron chi connectivity index (χ1n) is 8.63. The minimum atomic E-state index is -0.561. The number of fused-ring (bicyclic) bond motifs is 3. The van der Waals surface area contributed by atoms with E-state index in [0.29, 0.717) is 35.4 Å². The monoisotopic (exact) mass is 408 g/mol. The van der Waals surface area contributed by atoms with Crippen molar-refractivity contribution in [1.82, 2.24) is 20.1 Å². The largest absolute Gasteiger partial charge is 0.493 e. The molecule has 0 aliphatic carbocycles. The van der Waals surface area contributed by atoms with Crippen LogP contribution in [-0.4, -0.2) is 39.0 Å². The Balaban J connectivity index is 2.05. The van der Waals surface area contributed by atoms with E-state index in [1.165, 1.54) is 0 Å². The van der Waals surface area contributed by atoms with Gasteiger partial charge < -0.3 is 19.7 Å². The van der Waals surface area contributed by atoms with Crippen LogP contribution in [0.4, 0.5) is 0 Å². The van der Waals surface area contributed by atoms with Crippen LogP contribution in [0.5, 0.6) is 5.75 Å². The number of aliphatic hydroxyl groups excluding tert-OH is 1. The summed E-state index contributed by atoms with van der Waals surface area (Å²) < 4.78 is 7.92. The number of aliphatic hydroxyl groups is 1. The lowest BCUT2D eigenvalue weighted by Crippen LogP contribution is -2.29. The zero-order valence-corrected chi connectivity index (χ0v) is 16.1. The highest BCUT2D eigenvalue weighted by Crippen LogP contribution is 2.49. The van der Waals surface area contributed by atoms with Crippen LogP contribution in [-0.2, 0) is 11.3 Å². The molecule has 0 saturated heterocycles. The van der Waals surface area contributed by atoms with Gasteiger partial charge in [-0.1, -0.05) is 23.2 Å². The molecule has 27 heavy (non-hydrogen) atoms. The van der Waals surface area contributed by atoms with Crippen LogP contribution in [0.3, 0.4) is 0 Å². The minimum Gasteiger partial charge on any atom is -0.493 e. The van der Waals surface area contributed by atoms with Crippen molar-refractivity contribution in [3.05, 3.63) is 34.2 Å². The van der Waals surface area contributed by atoms with Crippen molar-refractivity contribution in [2.75, 3.05) is 13.2 Å². The fraction of sp³-hybridized carbons (Fsp3) is 0.333. The molecule has 1 atom stereocenters. The molecule has 7 nitrogen and oxygen atoms in total. The first kappa shape index (κ1) is 18.2. The van der Waals surface area contributed by atoms with E-state index in [0.717, 1.165) is 27.7 Å². The van der Waals surface area contributed by atoms with Gasteiger partial charge in [-0.05, 0) is 13.3 Å². The molecular formula is C18H18Cl2N4O3. The average molecular weight is 409 g/mol. The number of nitrogens with one attached hydrogen (secondary N) is 2. The lowest BCUT2D eigenvalue weighted by molar-refractivity contribution is -0.124. The zero-order chi connectivity index (χ0) is 19.1. The van der Waals surface area contributed by atoms with Gasteiger partial charge in [-0.2, -0.15) is 5.10 Å². The molecule has 0 fully saturated rings. The number of carbonyl (C=O) groups excluding carboxylic acids is 1. The highest BCUT2D eigenvalue weighted by molar-refractivity contribution is 6.45. The van der Waals surface area contributed by atoms with Gasteiger partial charge in [0.2, 0.25) is 5.91 Å². The molecule has 1 aliphatic rings. The van der Waals surface area contributed by atoms with Crippen LogP contribution in [0.1, 0.15) is 25.1 Å². The Kier molecular flexibility index (Phi) is 4.75. The standard InChI is InChI=1S/C18H18Cl2N4O3/c1-2-27-12-5-10(19)16(20)18-15(12)14(9-6-21-22-7-9)17-11(3-4-24(17)18)23-13(26)8-25/h5-7,11,25H,2-4,8H2,1H3,(H,21,22)(H,23,26)/t11-/m0/s1. The van der Waals surface area contributed by atoms with Crippen molar-refractivity contribution >= 4 is 40.0 Å². The molecule has 4 rings (SSSR count). The smallest absolute Gasteiger partial charge is 0.246 e. The molecule has 3 N–H and O–H groups in total. The Morgan fingerprint density at radius 2 is 2.33 bits per heavy atom. The quantitative estimate of drug-likeness (QED) is 0.603. The molecule has 3 aromatic rings. The van der Waals surface area contributed by atoms with E-state index in [2.05, 4.69) is 20.1 Å². The number of H-pyrrole nitrogens is 1. The van der Waals surface area contributed by atoms with Gasteiger partial charge in [0.05, 0.1) is 39.8 Å². The molecule has 2 aromatic heterocycles. The van der Waals surface area contributed by atoms with Gasteiger partial charge in [0.25, 0.3) is 0 Å². The molecule has 0 radical (unpaired) electrons. The van der Waals surface area contributed by atoms with E-state index in [1.54, 1.807) is 18.5 Å². The number of halogens is 2. The summed E-state index contributed by atoms with van der Waals surface area (Å²) in [6.07, 6.45) is 4.20. The lowest BCUT2D eigenvalue weighted by Gasteiger charge is -2.14. The van der Waals surface area contributed by atoms with E-state index < -0.39 is 12.5 Å². The highest BCUT2D eigenvalue weighted by atomic mass is 35.5.